The van der Waals surface area contributed by atoms with E-state index in [0.717, 1.165) is 40.8 Å². The topological polar surface area (TPSA) is 145 Å². The highest BCUT2D eigenvalue weighted by atomic mass is 127. The molecular weight excluding hydrogens is 942 g/mol. The van der Waals surface area contributed by atoms with Gasteiger partial charge in [-0.1, -0.05) is 36.4 Å². The Morgan fingerprint density at radius 3 is 1.34 bits per heavy atom. The second kappa shape index (κ2) is 16.3. The molecule has 0 bridgehead atoms. The van der Waals surface area contributed by atoms with E-state index in [2.05, 4.69) is 67.1 Å². The molecule has 4 atom stereocenters. The molecule has 2 aliphatic rings. The lowest BCUT2D eigenvalue weighted by atomic mass is 9.89. The largest absolute Gasteiger partial charge is 0.463 e. The van der Waals surface area contributed by atoms with Crippen molar-refractivity contribution < 1.29 is 28.9 Å². The molecule has 4 aromatic carbocycles. The molecule has 2 aliphatic heterocycles. The average Bonchev–Trinajstić information content (AvgIpc) is 3.68. The van der Waals surface area contributed by atoms with Gasteiger partial charge in [0.1, 0.15) is 13.2 Å². The molecular formula is C42H44I2N4O8. The van der Waals surface area contributed by atoms with Crippen molar-refractivity contribution in [2.45, 2.75) is 78.6 Å². The summed E-state index contributed by atoms with van der Waals surface area (Å²) in [6.07, 6.45) is 0.755. The number of benzene rings is 4. The van der Waals surface area contributed by atoms with E-state index in [1.165, 1.54) is 12.1 Å². The Labute approximate surface area is 353 Å². The average molecular weight is 987 g/mol. The molecule has 0 aromatic heterocycles. The maximum atomic E-state index is 13.3. The molecule has 12 nitrogen and oxygen atoms in total. The van der Waals surface area contributed by atoms with E-state index < -0.39 is 44.8 Å². The maximum absolute atomic E-state index is 13.3. The minimum absolute atomic E-state index is 0.0203. The van der Waals surface area contributed by atoms with E-state index in [-0.39, 0.29) is 36.5 Å². The first kappa shape index (κ1) is 41.3. The number of halogens is 2. The van der Waals surface area contributed by atoms with E-state index >= 15 is 0 Å². The maximum Gasteiger partial charge on any atom is 0.311 e. The van der Waals surface area contributed by atoms with Crippen molar-refractivity contribution in [2.24, 2.45) is 10.8 Å². The Bertz CT molecular complexity index is 2030. The van der Waals surface area contributed by atoms with Crippen LogP contribution in [0.2, 0.25) is 0 Å². The third-order valence-electron chi connectivity index (χ3n) is 10.2. The SMILES string of the molecule is CC(C)(C)C(=O)OCC1Cc2cc([N+](=O)[O-])ccc2N1C(c1ccccc1I)C(c1ccccc1I)N1c2ccc([N+](=O)[O-])cc2CC1COC(=O)C(C)(C)C. The minimum Gasteiger partial charge on any atom is -0.463 e. The molecule has 0 amide bonds. The van der Waals surface area contributed by atoms with Gasteiger partial charge in [-0.25, -0.2) is 0 Å². The second-order valence-corrected chi connectivity index (χ2v) is 18.6. The van der Waals surface area contributed by atoms with Crippen LogP contribution in [0.3, 0.4) is 0 Å². The van der Waals surface area contributed by atoms with Crippen molar-refractivity contribution in [1.29, 1.82) is 0 Å². The van der Waals surface area contributed by atoms with Crippen LogP contribution in [-0.2, 0) is 31.9 Å². The van der Waals surface area contributed by atoms with Gasteiger partial charge in [-0.3, -0.25) is 29.8 Å². The monoisotopic (exact) mass is 986 g/mol. The molecule has 2 heterocycles. The molecule has 0 saturated heterocycles. The van der Waals surface area contributed by atoms with Crippen molar-refractivity contribution in [3.05, 3.63) is 135 Å². The number of nitro benzene ring substituents is 2. The minimum atomic E-state index is -0.758. The summed E-state index contributed by atoms with van der Waals surface area (Å²) in [6, 6.07) is 23.9. The fourth-order valence-corrected chi connectivity index (χ4v) is 8.90. The number of rotatable bonds is 11. The van der Waals surface area contributed by atoms with E-state index in [4.69, 9.17) is 9.47 Å². The number of hydrogen-bond donors (Lipinski definition) is 0. The van der Waals surface area contributed by atoms with Crippen LogP contribution < -0.4 is 9.80 Å². The summed E-state index contributed by atoms with van der Waals surface area (Å²) < 4.78 is 14.0. The Kier molecular flexibility index (Phi) is 12.0. The first-order chi connectivity index (χ1) is 26.4. The van der Waals surface area contributed by atoms with Crippen LogP contribution in [-0.4, -0.2) is 47.1 Å². The normalized spacial score (nSPS) is 17.5. The number of nitrogens with zero attached hydrogens (tertiary/aromatic N) is 4. The van der Waals surface area contributed by atoms with Crippen LogP contribution in [0.15, 0.2) is 84.9 Å². The first-order valence-electron chi connectivity index (χ1n) is 18.3. The molecule has 294 valence electrons. The number of fused-ring (bicyclic) bond motifs is 2. The molecule has 0 fully saturated rings. The van der Waals surface area contributed by atoms with Gasteiger partial charge in [0.15, 0.2) is 0 Å². The van der Waals surface area contributed by atoms with Crippen LogP contribution in [0.5, 0.6) is 0 Å². The molecule has 14 heteroatoms. The van der Waals surface area contributed by atoms with Crippen molar-refractivity contribution in [3.63, 3.8) is 0 Å². The molecule has 0 aliphatic carbocycles. The van der Waals surface area contributed by atoms with Crippen molar-refractivity contribution >= 4 is 79.9 Å². The lowest BCUT2D eigenvalue weighted by molar-refractivity contribution is -0.385. The van der Waals surface area contributed by atoms with E-state index in [1.54, 1.807) is 65.8 Å². The second-order valence-electron chi connectivity index (χ2n) is 16.3. The van der Waals surface area contributed by atoms with Crippen LogP contribution in [0.25, 0.3) is 0 Å². The lowest BCUT2D eigenvalue weighted by Crippen LogP contribution is -2.49. The van der Waals surface area contributed by atoms with Crippen molar-refractivity contribution in [1.82, 2.24) is 0 Å². The Balaban J connectivity index is 1.62. The molecule has 0 spiro atoms. The number of esters is 2. The van der Waals surface area contributed by atoms with E-state index in [0.29, 0.717) is 12.8 Å². The third kappa shape index (κ3) is 8.50. The molecule has 0 radical (unpaired) electrons. The summed E-state index contributed by atoms with van der Waals surface area (Å²) >= 11 is 4.67. The van der Waals surface area contributed by atoms with Crippen LogP contribution in [0.4, 0.5) is 22.7 Å². The van der Waals surface area contributed by atoms with E-state index in [9.17, 15) is 29.8 Å². The summed E-state index contributed by atoms with van der Waals surface area (Å²) in [5.41, 5.74) is 3.37. The van der Waals surface area contributed by atoms with Crippen molar-refractivity contribution in [3.8, 4) is 0 Å². The summed E-state index contributed by atoms with van der Waals surface area (Å²) in [7, 11) is 0. The molecule has 4 unspecified atom stereocenters. The number of hydrogen-bond acceptors (Lipinski definition) is 10. The van der Waals surface area contributed by atoms with Gasteiger partial charge >= 0.3 is 11.9 Å². The van der Waals surface area contributed by atoms with Gasteiger partial charge in [-0.05, 0) is 146 Å². The number of ether oxygens (including phenoxy) is 2. The Morgan fingerprint density at radius 1 is 0.661 bits per heavy atom. The predicted octanol–water partition coefficient (Wildman–Crippen LogP) is 9.54. The third-order valence-corrected chi connectivity index (χ3v) is 12.2. The van der Waals surface area contributed by atoms with Gasteiger partial charge in [0.2, 0.25) is 0 Å². The van der Waals surface area contributed by atoms with Crippen LogP contribution >= 0.6 is 45.2 Å². The zero-order chi connectivity index (χ0) is 40.7. The van der Waals surface area contributed by atoms with E-state index in [1.807, 2.05) is 36.4 Å². The lowest BCUT2D eigenvalue weighted by Gasteiger charge is -2.47. The van der Waals surface area contributed by atoms with Gasteiger partial charge in [-0.15, -0.1) is 0 Å². The number of non-ortho nitro benzene ring substituents is 2. The zero-order valence-corrected chi connectivity index (χ0v) is 36.3. The van der Waals surface area contributed by atoms with Gasteiger partial charge < -0.3 is 19.3 Å². The molecule has 0 N–H and O–H groups in total. The highest BCUT2D eigenvalue weighted by Gasteiger charge is 2.48. The highest BCUT2D eigenvalue weighted by Crippen LogP contribution is 2.52. The number of carbonyl (C=O) groups excluding carboxylic acids is 2. The fraction of sp³-hybridized carbons (Fsp3) is 0.381. The number of anilines is 2. The summed E-state index contributed by atoms with van der Waals surface area (Å²) in [4.78, 5) is 54.2. The van der Waals surface area contributed by atoms with Gasteiger partial charge in [0, 0.05) is 42.8 Å². The standard InChI is InChI=1S/C42H44I2N4O8/c1-41(2,3)39(49)55-23-29-21-25-19-27(47(51)52)15-17-35(25)45(29)37(31-11-7-9-13-33(31)43)38(32-12-8-10-14-34(32)44)46-30(24-56-40(50)42(4,5)6)22-26-20-28(48(53)54)16-18-36(26)46/h7-20,29-30,37-38H,21-24H2,1-6H3. The van der Waals surface area contributed by atoms with Gasteiger partial charge in [0.25, 0.3) is 11.4 Å². The summed E-state index contributed by atoms with van der Waals surface area (Å²) in [6.45, 7) is 10.8. The highest BCUT2D eigenvalue weighted by molar-refractivity contribution is 14.1. The van der Waals surface area contributed by atoms with Gasteiger partial charge in [-0.2, -0.15) is 0 Å². The molecule has 6 rings (SSSR count). The summed E-state index contributed by atoms with van der Waals surface area (Å²) in [5, 5.41) is 24.0. The number of nitro groups is 2. The zero-order valence-electron chi connectivity index (χ0n) is 32.0. The Hall–Kier alpha value is -4.32. The van der Waals surface area contributed by atoms with Crippen LogP contribution in [0.1, 0.15) is 75.9 Å². The predicted molar refractivity (Wildman–Crippen MR) is 231 cm³/mol. The smallest absolute Gasteiger partial charge is 0.311 e. The summed E-state index contributed by atoms with van der Waals surface area (Å²) in [5.74, 6) is -0.731. The Morgan fingerprint density at radius 2 is 1.02 bits per heavy atom. The fourth-order valence-electron chi connectivity index (χ4n) is 7.48. The van der Waals surface area contributed by atoms with Crippen LogP contribution in [0, 0.1) is 38.2 Å². The number of carbonyl (C=O) groups is 2. The molecule has 0 saturated carbocycles. The molecule has 4 aromatic rings. The molecule has 56 heavy (non-hydrogen) atoms. The van der Waals surface area contributed by atoms with Gasteiger partial charge in [0.05, 0.1) is 44.8 Å². The van der Waals surface area contributed by atoms with Crippen molar-refractivity contribution in [2.75, 3.05) is 23.0 Å². The quantitative estimate of drug-likeness (QED) is 0.0617. The first-order valence-corrected chi connectivity index (χ1v) is 20.5.